The van der Waals surface area contributed by atoms with Gasteiger partial charge in [-0.2, -0.15) is 0 Å². The second-order valence-electron chi connectivity index (χ2n) is 3.81. The summed E-state index contributed by atoms with van der Waals surface area (Å²) in [5, 5.41) is 3.71. The Morgan fingerprint density at radius 3 is 2.76 bits per heavy atom. The van der Waals surface area contributed by atoms with Crippen LogP contribution in [-0.4, -0.2) is 4.98 Å². The number of hydrogen-bond donors (Lipinski definition) is 2. The molecule has 2 rings (SSSR count). The maximum absolute atomic E-state index is 6.04. The summed E-state index contributed by atoms with van der Waals surface area (Å²) in [7, 11) is 0. The monoisotopic (exact) mass is 251 g/mol. The lowest BCUT2D eigenvalue weighted by atomic mass is 10.2. The molecule has 0 saturated heterocycles. The molecule has 4 nitrogen and oxygen atoms in total. The van der Waals surface area contributed by atoms with E-state index in [2.05, 4.69) is 10.3 Å². The van der Waals surface area contributed by atoms with Crippen LogP contribution in [0.3, 0.4) is 0 Å². The number of aromatic nitrogens is 1. The zero-order valence-electron chi connectivity index (χ0n) is 9.75. The summed E-state index contributed by atoms with van der Waals surface area (Å²) in [6, 6.07) is 5.38. The number of hydrogen-bond acceptors (Lipinski definition) is 4. The summed E-state index contributed by atoms with van der Waals surface area (Å²) < 4.78 is 5.46. The second-order valence-corrected chi connectivity index (χ2v) is 4.21. The van der Waals surface area contributed by atoms with Gasteiger partial charge < -0.3 is 15.5 Å². The molecule has 5 heteroatoms. The molecule has 1 aromatic carbocycles. The Balaban J connectivity index is 2.12. The molecular weight excluding hydrogens is 238 g/mol. The fraction of sp³-hybridized carbons (Fsp3) is 0.250. The minimum Gasteiger partial charge on any atom is -0.444 e. The highest BCUT2D eigenvalue weighted by atomic mass is 35.5. The van der Waals surface area contributed by atoms with Crippen molar-refractivity contribution in [2.75, 3.05) is 11.1 Å². The van der Waals surface area contributed by atoms with Gasteiger partial charge in [0.1, 0.15) is 5.76 Å². The Morgan fingerprint density at radius 2 is 2.18 bits per heavy atom. The first kappa shape index (κ1) is 11.8. The number of aryl methyl sites for hydroxylation is 2. The average Bonchev–Trinajstić information content (AvgIpc) is 2.58. The van der Waals surface area contributed by atoms with Crippen LogP contribution in [0.1, 0.15) is 17.3 Å². The SMILES string of the molecule is Cc1nc(CNc2c(N)cccc2Cl)oc1C. The van der Waals surface area contributed by atoms with Crippen molar-refractivity contribution in [3.05, 3.63) is 40.6 Å². The molecule has 0 unspecified atom stereocenters. The van der Waals surface area contributed by atoms with Crippen LogP contribution in [0.25, 0.3) is 0 Å². The van der Waals surface area contributed by atoms with Crippen LogP contribution in [0, 0.1) is 13.8 Å². The topological polar surface area (TPSA) is 64.1 Å². The van der Waals surface area contributed by atoms with Gasteiger partial charge >= 0.3 is 0 Å². The van der Waals surface area contributed by atoms with Crippen molar-refractivity contribution in [1.29, 1.82) is 0 Å². The van der Waals surface area contributed by atoms with Gasteiger partial charge in [0.15, 0.2) is 0 Å². The summed E-state index contributed by atoms with van der Waals surface area (Å²) in [6.07, 6.45) is 0. The van der Waals surface area contributed by atoms with E-state index in [4.69, 9.17) is 21.8 Å². The number of halogens is 1. The van der Waals surface area contributed by atoms with E-state index in [-0.39, 0.29) is 0 Å². The van der Waals surface area contributed by atoms with Crippen molar-refractivity contribution in [3.63, 3.8) is 0 Å². The molecule has 0 aliphatic carbocycles. The van der Waals surface area contributed by atoms with Gasteiger partial charge in [-0.25, -0.2) is 4.98 Å². The van der Waals surface area contributed by atoms with Gasteiger partial charge in [0.05, 0.1) is 28.6 Å². The number of rotatable bonds is 3. The smallest absolute Gasteiger partial charge is 0.213 e. The molecule has 1 heterocycles. The minimum absolute atomic E-state index is 0.461. The molecule has 0 aliphatic heterocycles. The van der Waals surface area contributed by atoms with Gasteiger partial charge in [0, 0.05) is 0 Å². The quantitative estimate of drug-likeness (QED) is 0.823. The van der Waals surface area contributed by atoms with Crippen molar-refractivity contribution in [3.8, 4) is 0 Å². The Kier molecular flexibility index (Phi) is 3.24. The highest BCUT2D eigenvalue weighted by Gasteiger charge is 2.08. The molecular formula is C12H14ClN3O. The van der Waals surface area contributed by atoms with Gasteiger partial charge in [0.2, 0.25) is 5.89 Å². The molecule has 0 radical (unpaired) electrons. The van der Waals surface area contributed by atoms with Crippen LogP contribution < -0.4 is 11.1 Å². The Bertz CT molecular complexity index is 497. The molecule has 1 aromatic heterocycles. The zero-order valence-corrected chi connectivity index (χ0v) is 10.5. The fourth-order valence-electron chi connectivity index (χ4n) is 1.51. The summed E-state index contributed by atoms with van der Waals surface area (Å²) in [4.78, 5) is 4.27. The highest BCUT2D eigenvalue weighted by molar-refractivity contribution is 6.33. The van der Waals surface area contributed by atoms with Gasteiger partial charge in [-0.15, -0.1) is 0 Å². The van der Waals surface area contributed by atoms with Gasteiger partial charge in [-0.1, -0.05) is 17.7 Å². The van der Waals surface area contributed by atoms with Crippen molar-refractivity contribution in [2.24, 2.45) is 0 Å². The largest absolute Gasteiger partial charge is 0.444 e. The van der Waals surface area contributed by atoms with E-state index in [1.165, 1.54) is 0 Å². The van der Waals surface area contributed by atoms with E-state index in [9.17, 15) is 0 Å². The first-order chi connectivity index (χ1) is 8.08. The van der Waals surface area contributed by atoms with E-state index in [0.717, 1.165) is 11.5 Å². The predicted molar refractivity (Wildman–Crippen MR) is 69.2 cm³/mol. The van der Waals surface area contributed by atoms with Crippen molar-refractivity contribution in [1.82, 2.24) is 4.98 Å². The molecule has 0 amide bonds. The van der Waals surface area contributed by atoms with Gasteiger partial charge in [-0.05, 0) is 26.0 Å². The standard InChI is InChI=1S/C12H14ClN3O/c1-7-8(2)17-11(16-7)6-15-12-9(13)4-3-5-10(12)14/h3-5,15H,6,14H2,1-2H3. The maximum atomic E-state index is 6.04. The summed E-state index contributed by atoms with van der Waals surface area (Å²) in [6.45, 7) is 4.25. The lowest BCUT2D eigenvalue weighted by molar-refractivity contribution is 0.478. The van der Waals surface area contributed by atoms with Crippen LogP contribution in [0.5, 0.6) is 0 Å². The molecule has 0 fully saturated rings. The molecule has 0 saturated carbocycles. The first-order valence-electron chi connectivity index (χ1n) is 5.28. The van der Waals surface area contributed by atoms with E-state index >= 15 is 0 Å². The third kappa shape index (κ3) is 2.53. The summed E-state index contributed by atoms with van der Waals surface area (Å²) >= 11 is 6.04. The normalized spacial score (nSPS) is 10.5. The van der Waals surface area contributed by atoms with Crippen molar-refractivity contribution < 1.29 is 4.42 Å². The fourth-order valence-corrected chi connectivity index (χ4v) is 1.75. The predicted octanol–water partition coefficient (Wildman–Crippen LogP) is 3.14. The maximum Gasteiger partial charge on any atom is 0.213 e. The van der Waals surface area contributed by atoms with Gasteiger partial charge in [-0.3, -0.25) is 0 Å². The molecule has 17 heavy (non-hydrogen) atoms. The number of nitrogen functional groups attached to an aromatic ring is 1. The van der Waals surface area contributed by atoms with E-state index < -0.39 is 0 Å². The zero-order chi connectivity index (χ0) is 12.4. The molecule has 0 spiro atoms. The number of nitrogens with two attached hydrogens (primary N) is 1. The lowest BCUT2D eigenvalue weighted by Gasteiger charge is -2.08. The van der Waals surface area contributed by atoms with Crippen LogP contribution in [-0.2, 0) is 6.54 Å². The van der Waals surface area contributed by atoms with Crippen LogP contribution in [0.15, 0.2) is 22.6 Å². The minimum atomic E-state index is 0.461. The number of nitrogens with zero attached hydrogens (tertiary/aromatic N) is 1. The molecule has 2 aromatic rings. The third-order valence-electron chi connectivity index (χ3n) is 2.54. The average molecular weight is 252 g/mol. The van der Waals surface area contributed by atoms with Gasteiger partial charge in [0.25, 0.3) is 0 Å². The molecule has 0 atom stereocenters. The van der Waals surface area contributed by atoms with Crippen LogP contribution in [0.4, 0.5) is 11.4 Å². The third-order valence-corrected chi connectivity index (χ3v) is 2.85. The molecule has 90 valence electrons. The lowest BCUT2D eigenvalue weighted by Crippen LogP contribution is -2.03. The summed E-state index contributed by atoms with van der Waals surface area (Å²) in [5.74, 6) is 1.45. The van der Waals surface area contributed by atoms with Crippen molar-refractivity contribution in [2.45, 2.75) is 20.4 Å². The Morgan fingerprint density at radius 1 is 1.41 bits per heavy atom. The Labute approximate surface area is 105 Å². The summed E-state index contributed by atoms with van der Waals surface area (Å²) in [5.41, 5.74) is 8.04. The van der Waals surface area contributed by atoms with E-state index in [1.807, 2.05) is 19.9 Å². The number of nitrogens with one attached hydrogen (secondary N) is 1. The number of oxazole rings is 1. The van der Waals surface area contributed by atoms with E-state index in [1.54, 1.807) is 12.1 Å². The van der Waals surface area contributed by atoms with Crippen LogP contribution in [0.2, 0.25) is 5.02 Å². The van der Waals surface area contributed by atoms with E-state index in [0.29, 0.717) is 28.8 Å². The second kappa shape index (κ2) is 4.67. The highest BCUT2D eigenvalue weighted by Crippen LogP contribution is 2.28. The molecule has 3 N–H and O–H groups in total. The first-order valence-corrected chi connectivity index (χ1v) is 5.66. The number of anilines is 2. The molecule has 0 aliphatic rings. The number of para-hydroxylation sites is 1. The van der Waals surface area contributed by atoms with Crippen molar-refractivity contribution >= 4 is 23.0 Å². The molecule has 0 bridgehead atoms. The Hall–Kier alpha value is -1.68. The number of benzene rings is 1. The van der Waals surface area contributed by atoms with Crippen LogP contribution >= 0.6 is 11.6 Å².